The molecule has 3 atom stereocenters. The first-order valence-electron chi connectivity index (χ1n) is 10.7. The molecule has 3 amide bonds. The number of carbonyl (C=O) groups is 3. The number of rotatable bonds is 2. The maximum absolute atomic E-state index is 13.5. The molecule has 3 aliphatic rings. The second kappa shape index (κ2) is 7.09. The molecule has 3 aliphatic heterocycles. The quantitative estimate of drug-likeness (QED) is 0.746. The first kappa shape index (κ1) is 19.1. The van der Waals surface area contributed by atoms with Gasteiger partial charge in [0.1, 0.15) is 6.04 Å². The molecule has 5 rings (SSSR count). The van der Waals surface area contributed by atoms with Crippen molar-refractivity contribution in [1.82, 2.24) is 5.32 Å². The number of amides is 3. The minimum atomic E-state index is -0.660. The SMILES string of the molecule is CC1CC(N)CCCN1c1cc2c3c(cccc3c1)N(C1CCC(=O)NC1=O)C2=O. The van der Waals surface area contributed by atoms with Crippen LogP contribution in [0.25, 0.3) is 10.8 Å². The van der Waals surface area contributed by atoms with E-state index in [4.69, 9.17) is 5.73 Å². The predicted molar refractivity (Wildman–Crippen MR) is 116 cm³/mol. The largest absolute Gasteiger partial charge is 0.369 e. The first-order chi connectivity index (χ1) is 14.4. The normalized spacial score (nSPS) is 26.9. The van der Waals surface area contributed by atoms with Crippen LogP contribution in [0.3, 0.4) is 0 Å². The molecule has 0 spiro atoms. The molecule has 0 saturated carbocycles. The van der Waals surface area contributed by atoms with Crippen molar-refractivity contribution in [1.29, 1.82) is 0 Å². The van der Waals surface area contributed by atoms with Crippen LogP contribution in [0.15, 0.2) is 30.3 Å². The number of benzene rings is 2. The van der Waals surface area contributed by atoms with Gasteiger partial charge in [-0.05, 0) is 56.2 Å². The zero-order valence-corrected chi connectivity index (χ0v) is 17.1. The maximum Gasteiger partial charge on any atom is 0.259 e. The van der Waals surface area contributed by atoms with E-state index in [0.29, 0.717) is 12.0 Å². The van der Waals surface area contributed by atoms with Crippen molar-refractivity contribution in [2.45, 2.75) is 57.2 Å². The third kappa shape index (κ3) is 2.96. The molecule has 7 heteroatoms. The molecule has 0 bridgehead atoms. The van der Waals surface area contributed by atoms with Crippen molar-refractivity contribution in [2.24, 2.45) is 5.73 Å². The van der Waals surface area contributed by atoms with Crippen LogP contribution in [-0.2, 0) is 9.59 Å². The molecule has 2 aromatic rings. The second-order valence-electron chi connectivity index (χ2n) is 8.69. The third-order valence-electron chi connectivity index (χ3n) is 6.65. The number of hydrogen-bond acceptors (Lipinski definition) is 5. The number of anilines is 2. The summed E-state index contributed by atoms with van der Waals surface area (Å²) in [5.41, 5.74) is 8.62. The van der Waals surface area contributed by atoms with Gasteiger partial charge in [-0.2, -0.15) is 0 Å². The van der Waals surface area contributed by atoms with E-state index in [1.165, 1.54) is 0 Å². The summed E-state index contributed by atoms with van der Waals surface area (Å²) in [6, 6.07) is 9.76. The van der Waals surface area contributed by atoms with Crippen LogP contribution in [-0.4, -0.2) is 42.4 Å². The van der Waals surface area contributed by atoms with Gasteiger partial charge in [-0.1, -0.05) is 12.1 Å². The number of hydrogen-bond donors (Lipinski definition) is 2. The van der Waals surface area contributed by atoms with Gasteiger partial charge in [-0.3, -0.25) is 24.6 Å². The van der Waals surface area contributed by atoms with Gasteiger partial charge in [0.2, 0.25) is 11.8 Å². The lowest BCUT2D eigenvalue weighted by atomic mass is 10.0. The first-order valence-corrected chi connectivity index (χ1v) is 10.7. The van der Waals surface area contributed by atoms with E-state index >= 15 is 0 Å². The Morgan fingerprint density at radius 3 is 2.77 bits per heavy atom. The smallest absolute Gasteiger partial charge is 0.259 e. The fraction of sp³-hybridized carbons (Fsp3) is 0.435. The minimum Gasteiger partial charge on any atom is -0.369 e. The van der Waals surface area contributed by atoms with E-state index in [0.717, 1.165) is 48.0 Å². The van der Waals surface area contributed by atoms with Crippen LogP contribution in [0.4, 0.5) is 11.4 Å². The molecule has 3 heterocycles. The Balaban J connectivity index is 1.57. The molecule has 0 aliphatic carbocycles. The lowest BCUT2D eigenvalue weighted by molar-refractivity contribution is -0.134. The summed E-state index contributed by atoms with van der Waals surface area (Å²) < 4.78 is 0. The van der Waals surface area contributed by atoms with Crippen molar-refractivity contribution < 1.29 is 14.4 Å². The molecule has 156 valence electrons. The third-order valence-corrected chi connectivity index (χ3v) is 6.65. The van der Waals surface area contributed by atoms with Crippen molar-refractivity contribution >= 4 is 39.9 Å². The minimum absolute atomic E-state index is 0.170. The maximum atomic E-state index is 13.5. The summed E-state index contributed by atoms with van der Waals surface area (Å²) in [7, 11) is 0. The number of nitrogens with one attached hydrogen (secondary N) is 1. The highest BCUT2D eigenvalue weighted by Crippen LogP contribution is 2.42. The molecule has 2 saturated heterocycles. The van der Waals surface area contributed by atoms with Gasteiger partial charge < -0.3 is 10.6 Å². The molecule has 3 unspecified atom stereocenters. The van der Waals surface area contributed by atoms with Gasteiger partial charge in [0, 0.05) is 36.1 Å². The fourth-order valence-corrected chi connectivity index (χ4v) is 5.22. The van der Waals surface area contributed by atoms with E-state index in [9.17, 15) is 14.4 Å². The number of nitrogens with zero attached hydrogens (tertiary/aromatic N) is 2. The Morgan fingerprint density at radius 2 is 1.97 bits per heavy atom. The van der Waals surface area contributed by atoms with Gasteiger partial charge in [0.05, 0.1) is 11.3 Å². The van der Waals surface area contributed by atoms with Crippen LogP contribution in [0.2, 0.25) is 0 Å². The average Bonchev–Trinajstić information content (AvgIpc) is 2.87. The highest BCUT2D eigenvalue weighted by atomic mass is 16.2. The molecular formula is C23H26N4O3. The summed E-state index contributed by atoms with van der Waals surface area (Å²) in [6.07, 6.45) is 3.53. The predicted octanol–water partition coefficient (Wildman–Crippen LogP) is 2.31. The fourth-order valence-electron chi connectivity index (χ4n) is 5.22. The average molecular weight is 406 g/mol. The lowest BCUT2D eigenvalue weighted by Gasteiger charge is -2.30. The van der Waals surface area contributed by atoms with Gasteiger partial charge in [0.15, 0.2) is 0 Å². The molecule has 3 N–H and O–H groups in total. The van der Waals surface area contributed by atoms with Gasteiger partial charge in [-0.15, -0.1) is 0 Å². The van der Waals surface area contributed by atoms with Crippen molar-refractivity contribution in [2.75, 3.05) is 16.3 Å². The van der Waals surface area contributed by atoms with Gasteiger partial charge >= 0.3 is 0 Å². The molecule has 30 heavy (non-hydrogen) atoms. The van der Waals surface area contributed by atoms with E-state index in [1.54, 1.807) is 4.90 Å². The zero-order valence-electron chi connectivity index (χ0n) is 17.1. The summed E-state index contributed by atoms with van der Waals surface area (Å²) in [4.78, 5) is 41.4. The van der Waals surface area contributed by atoms with Crippen LogP contribution in [0.5, 0.6) is 0 Å². The molecule has 2 fully saturated rings. The molecule has 0 aromatic heterocycles. The lowest BCUT2D eigenvalue weighted by Crippen LogP contribution is -2.53. The van der Waals surface area contributed by atoms with Crippen molar-refractivity contribution in [3.63, 3.8) is 0 Å². The Hall–Kier alpha value is -2.93. The van der Waals surface area contributed by atoms with E-state index in [-0.39, 0.29) is 30.3 Å². The Morgan fingerprint density at radius 1 is 1.13 bits per heavy atom. The van der Waals surface area contributed by atoms with Crippen molar-refractivity contribution in [3.05, 3.63) is 35.9 Å². The number of nitrogens with two attached hydrogens (primary N) is 1. The summed E-state index contributed by atoms with van der Waals surface area (Å²) in [5.74, 6) is -0.856. The Bertz CT molecular complexity index is 1070. The van der Waals surface area contributed by atoms with E-state index in [2.05, 4.69) is 23.2 Å². The van der Waals surface area contributed by atoms with Crippen LogP contribution < -0.4 is 20.9 Å². The van der Waals surface area contributed by atoms with Gasteiger partial charge in [-0.25, -0.2) is 0 Å². The summed E-state index contributed by atoms with van der Waals surface area (Å²) >= 11 is 0. The van der Waals surface area contributed by atoms with Crippen LogP contribution in [0, 0.1) is 0 Å². The Kier molecular flexibility index (Phi) is 4.50. The summed E-state index contributed by atoms with van der Waals surface area (Å²) in [6.45, 7) is 3.09. The van der Waals surface area contributed by atoms with Crippen molar-refractivity contribution in [3.8, 4) is 0 Å². The molecular weight excluding hydrogens is 380 g/mol. The molecule has 2 aromatic carbocycles. The number of piperidine rings is 1. The summed E-state index contributed by atoms with van der Waals surface area (Å²) in [5, 5.41) is 4.25. The highest BCUT2D eigenvalue weighted by molar-refractivity contribution is 6.27. The van der Waals surface area contributed by atoms with E-state index in [1.807, 2.05) is 24.3 Å². The molecule has 0 radical (unpaired) electrons. The van der Waals surface area contributed by atoms with Gasteiger partial charge in [0.25, 0.3) is 5.91 Å². The second-order valence-corrected chi connectivity index (χ2v) is 8.69. The standard InChI is InChI=1S/C23H26N4O3/c1-13-10-15(24)5-3-9-26(13)16-11-14-4-2-6-18-21(14)17(12-16)23(30)27(18)19-7-8-20(28)25-22(19)29/h2,4,6,11-13,15,19H,3,5,7-10,24H2,1H3,(H,25,28,29). The molecule has 7 nitrogen and oxygen atoms in total. The van der Waals surface area contributed by atoms with Crippen LogP contribution in [0.1, 0.15) is 49.4 Å². The monoisotopic (exact) mass is 406 g/mol. The van der Waals surface area contributed by atoms with Crippen LogP contribution >= 0.6 is 0 Å². The highest BCUT2D eigenvalue weighted by Gasteiger charge is 2.41. The number of imide groups is 1. The van der Waals surface area contributed by atoms with E-state index < -0.39 is 11.9 Å². The zero-order chi connectivity index (χ0) is 21.0. The Labute approximate surface area is 175 Å². The number of carbonyl (C=O) groups excluding carboxylic acids is 3. The topological polar surface area (TPSA) is 95.7 Å².